The Morgan fingerprint density at radius 2 is 1.83 bits per heavy atom. The quantitative estimate of drug-likeness (QED) is 0.824. The largest absolute Gasteiger partial charge is 0.491 e. The number of rotatable bonds is 6. The van der Waals surface area contributed by atoms with Crippen molar-refractivity contribution in [3.05, 3.63) is 58.7 Å². The van der Waals surface area contributed by atoms with E-state index >= 15 is 0 Å². The number of halogens is 3. The van der Waals surface area contributed by atoms with Crippen LogP contribution >= 0.6 is 0 Å². The summed E-state index contributed by atoms with van der Waals surface area (Å²) in [4.78, 5) is 0. The lowest BCUT2D eigenvalue weighted by Crippen LogP contribution is -2.12. The summed E-state index contributed by atoms with van der Waals surface area (Å²) in [7, 11) is 0. The molecule has 130 valence electrons. The molecule has 2 N–H and O–H groups in total. The lowest BCUT2D eigenvalue weighted by molar-refractivity contribution is -0.137. The van der Waals surface area contributed by atoms with Crippen LogP contribution in [0, 0.1) is 13.8 Å². The van der Waals surface area contributed by atoms with Gasteiger partial charge in [0.1, 0.15) is 12.4 Å². The van der Waals surface area contributed by atoms with Crippen LogP contribution in [0.15, 0.2) is 36.4 Å². The van der Waals surface area contributed by atoms with Gasteiger partial charge in [-0.15, -0.1) is 0 Å². The molecule has 0 amide bonds. The molecule has 24 heavy (non-hydrogen) atoms. The SMILES string of the molecule is Cc1ccc(C)c(CNc2ccc(OCCO)cc2C(F)(F)F)c1. The molecule has 0 saturated carbocycles. The van der Waals surface area contributed by atoms with Gasteiger partial charge in [-0.25, -0.2) is 0 Å². The number of hydrogen-bond acceptors (Lipinski definition) is 3. The number of aliphatic hydroxyl groups excluding tert-OH is 1. The van der Waals surface area contributed by atoms with Gasteiger partial charge in [0.25, 0.3) is 0 Å². The summed E-state index contributed by atoms with van der Waals surface area (Å²) in [5, 5.41) is 11.6. The minimum Gasteiger partial charge on any atom is -0.491 e. The molecule has 0 saturated heterocycles. The van der Waals surface area contributed by atoms with E-state index in [9.17, 15) is 13.2 Å². The average Bonchev–Trinajstić information content (AvgIpc) is 2.53. The first-order valence-electron chi connectivity index (χ1n) is 7.56. The number of alkyl halides is 3. The molecule has 0 aliphatic rings. The highest BCUT2D eigenvalue weighted by Crippen LogP contribution is 2.37. The maximum absolute atomic E-state index is 13.3. The number of aliphatic hydroxyl groups is 1. The molecule has 0 fully saturated rings. The first kappa shape index (κ1) is 18.1. The molecule has 0 atom stereocenters. The molecule has 6 heteroatoms. The average molecular weight is 339 g/mol. The van der Waals surface area contributed by atoms with E-state index < -0.39 is 11.7 Å². The Labute approximate surface area is 139 Å². The number of ether oxygens (including phenoxy) is 1. The van der Waals surface area contributed by atoms with Gasteiger partial charge in [-0.2, -0.15) is 13.2 Å². The summed E-state index contributed by atoms with van der Waals surface area (Å²) in [5.41, 5.74) is 2.23. The molecule has 0 aromatic heterocycles. The van der Waals surface area contributed by atoms with Gasteiger partial charge in [-0.3, -0.25) is 0 Å². The number of aryl methyl sites for hydroxylation is 2. The third-order valence-electron chi connectivity index (χ3n) is 3.63. The minimum absolute atomic E-state index is 0.000227. The van der Waals surface area contributed by atoms with Gasteiger partial charge in [-0.1, -0.05) is 23.8 Å². The fourth-order valence-corrected chi connectivity index (χ4v) is 2.35. The first-order valence-corrected chi connectivity index (χ1v) is 7.56. The van der Waals surface area contributed by atoms with Crippen LogP contribution in [0.1, 0.15) is 22.3 Å². The van der Waals surface area contributed by atoms with Gasteiger partial charge < -0.3 is 15.2 Å². The second kappa shape index (κ2) is 7.57. The maximum Gasteiger partial charge on any atom is 0.418 e. The molecular weight excluding hydrogens is 319 g/mol. The second-order valence-corrected chi connectivity index (χ2v) is 5.56. The second-order valence-electron chi connectivity index (χ2n) is 5.56. The highest BCUT2D eigenvalue weighted by Gasteiger charge is 2.34. The third-order valence-corrected chi connectivity index (χ3v) is 3.63. The van der Waals surface area contributed by atoms with Gasteiger partial charge in [-0.05, 0) is 43.2 Å². The van der Waals surface area contributed by atoms with Crippen LogP contribution in [0.2, 0.25) is 0 Å². The summed E-state index contributed by atoms with van der Waals surface area (Å²) in [6, 6.07) is 9.61. The highest BCUT2D eigenvalue weighted by atomic mass is 19.4. The smallest absolute Gasteiger partial charge is 0.418 e. The Balaban J connectivity index is 2.24. The maximum atomic E-state index is 13.3. The lowest BCUT2D eigenvalue weighted by Gasteiger charge is -2.17. The predicted molar refractivity (Wildman–Crippen MR) is 87.3 cm³/mol. The van der Waals surface area contributed by atoms with Crippen molar-refractivity contribution in [2.75, 3.05) is 18.5 Å². The van der Waals surface area contributed by atoms with E-state index in [1.165, 1.54) is 12.1 Å². The number of nitrogens with one attached hydrogen (secondary N) is 1. The van der Waals surface area contributed by atoms with E-state index in [1.54, 1.807) is 0 Å². The van der Waals surface area contributed by atoms with E-state index in [0.29, 0.717) is 6.54 Å². The van der Waals surface area contributed by atoms with Crippen molar-refractivity contribution in [3.63, 3.8) is 0 Å². The number of hydrogen-bond donors (Lipinski definition) is 2. The van der Waals surface area contributed by atoms with Crippen LogP contribution in [0.5, 0.6) is 5.75 Å². The summed E-state index contributed by atoms with van der Waals surface area (Å²) in [5.74, 6) is 0.0775. The van der Waals surface area contributed by atoms with Gasteiger partial charge in [0.15, 0.2) is 0 Å². The zero-order chi connectivity index (χ0) is 17.7. The van der Waals surface area contributed by atoms with Gasteiger partial charge in [0, 0.05) is 12.2 Å². The van der Waals surface area contributed by atoms with Gasteiger partial charge in [0.2, 0.25) is 0 Å². The Morgan fingerprint density at radius 1 is 1.08 bits per heavy atom. The minimum atomic E-state index is -4.50. The lowest BCUT2D eigenvalue weighted by atomic mass is 10.1. The van der Waals surface area contributed by atoms with E-state index in [1.807, 2.05) is 32.0 Å². The van der Waals surface area contributed by atoms with Crippen molar-refractivity contribution in [3.8, 4) is 5.75 Å². The summed E-state index contributed by atoms with van der Waals surface area (Å²) >= 11 is 0. The molecule has 3 nitrogen and oxygen atoms in total. The molecule has 0 bridgehead atoms. The molecule has 0 heterocycles. The Kier molecular flexibility index (Phi) is 5.72. The Bertz CT molecular complexity index is 699. The van der Waals surface area contributed by atoms with E-state index in [4.69, 9.17) is 9.84 Å². The van der Waals surface area contributed by atoms with Crippen LogP contribution in [0.3, 0.4) is 0 Å². The van der Waals surface area contributed by atoms with Crippen LogP contribution in [0.25, 0.3) is 0 Å². The van der Waals surface area contributed by atoms with Crippen molar-refractivity contribution >= 4 is 5.69 Å². The summed E-state index contributed by atoms with van der Waals surface area (Å²) < 4.78 is 44.9. The monoisotopic (exact) mass is 339 g/mol. The van der Waals surface area contributed by atoms with Crippen molar-refractivity contribution in [2.45, 2.75) is 26.6 Å². The molecule has 0 radical (unpaired) electrons. The molecule has 2 aromatic rings. The summed E-state index contributed by atoms with van der Waals surface area (Å²) in [6.07, 6.45) is -4.50. The van der Waals surface area contributed by atoms with Crippen LogP contribution in [-0.2, 0) is 12.7 Å². The zero-order valence-electron chi connectivity index (χ0n) is 13.6. The Morgan fingerprint density at radius 3 is 2.50 bits per heavy atom. The molecule has 0 aliphatic carbocycles. The molecule has 0 unspecified atom stereocenters. The highest BCUT2D eigenvalue weighted by molar-refractivity contribution is 5.56. The standard InChI is InChI=1S/C18H20F3NO2/c1-12-3-4-13(2)14(9-12)11-22-17-6-5-15(24-8-7-23)10-16(17)18(19,20)21/h3-6,9-10,22-23H,7-8,11H2,1-2H3. The van der Waals surface area contributed by atoms with Gasteiger partial charge in [0.05, 0.1) is 12.2 Å². The third kappa shape index (κ3) is 4.64. The van der Waals surface area contributed by atoms with E-state index in [0.717, 1.165) is 22.8 Å². The van der Waals surface area contributed by atoms with Crippen molar-refractivity contribution < 1.29 is 23.0 Å². The van der Waals surface area contributed by atoms with E-state index in [2.05, 4.69) is 5.32 Å². The van der Waals surface area contributed by atoms with Crippen molar-refractivity contribution in [1.82, 2.24) is 0 Å². The van der Waals surface area contributed by atoms with Crippen molar-refractivity contribution in [1.29, 1.82) is 0 Å². The molecule has 0 spiro atoms. The topological polar surface area (TPSA) is 41.5 Å². The zero-order valence-corrected chi connectivity index (χ0v) is 13.6. The first-order chi connectivity index (χ1) is 11.3. The van der Waals surface area contributed by atoms with Crippen molar-refractivity contribution in [2.24, 2.45) is 0 Å². The molecular formula is C18H20F3NO2. The predicted octanol–water partition coefficient (Wildman–Crippen LogP) is 4.31. The van der Waals surface area contributed by atoms with Crippen LogP contribution in [0.4, 0.5) is 18.9 Å². The summed E-state index contributed by atoms with van der Waals surface area (Å²) in [6.45, 7) is 3.86. The fourth-order valence-electron chi connectivity index (χ4n) is 2.35. The van der Waals surface area contributed by atoms with E-state index in [-0.39, 0.29) is 24.7 Å². The number of anilines is 1. The van der Waals surface area contributed by atoms with Gasteiger partial charge >= 0.3 is 6.18 Å². The molecule has 2 rings (SSSR count). The Hall–Kier alpha value is -2.21. The number of benzene rings is 2. The molecule has 2 aromatic carbocycles. The molecule has 0 aliphatic heterocycles. The van der Waals surface area contributed by atoms with Crippen LogP contribution < -0.4 is 10.1 Å². The fraction of sp³-hybridized carbons (Fsp3) is 0.333. The normalized spacial score (nSPS) is 11.4. The van der Waals surface area contributed by atoms with Crippen LogP contribution in [-0.4, -0.2) is 18.3 Å².